The predicted molar refractivity (Wildman–Crippen MR) is 134 cm³/mol. The number of nitrogens with one attached hydrogen (secondary N) is 4. The number of amides is 2. The van der Waals surface area contributed by atoms with Gasteiger partial charge in [-0.15, -0.1) is 5.10 Å². The number of carbonyl (C=O) groups is 2. The van der Waals surface area contributed by atoms with Gasteiger partial charge in [0.1, 0.15) is 5.82 Å². The number of anilines is 3. The zero-order valence-corrected chi connectivity index (χ0v) is 20.0. The Labute approximate surface area is 204 Å². The summed E-state index contributed by atoms with van der Waals surface area (Å²) in [6.07, 6.45) is 12.4. The van der Waals surface area contributed by atoms with Crippen LogP contribution in [-0.4, -0.2) is 50.0 Å². The number of carbonyl (C=O) groups excluding carboxylic acids is 2. The number of imidazole rings is 1. The molecular weight excluding hydrogens is 444 g/mol. The topological polar surface area (TPSA) is 125 Å². The average molecular weight is 477 g/mol. The normalized spacial score (nSPS) is 20.1. The molecule has 0 unspecified atom stereocenters. The fourth-order valence-corrected chi connectivity index (χ4v) is 4.77. The first-order chi connectivity index (χ1) is 17.0. The lowest BCUT2D eigenvalue weighted by Gasteiger charge is -2.29. The third-order valence-corrected chi connectivity index (χ3v) is 6.93. The van der Waals surface area contributed by atoms with E-state index < -0.39 is 0 Å². The van der Waals surface area contributed by atoms with Crippen molar-refractivity contribution in [3.8, 4) is 0 Å². The van der Waals surface area contributed by atoms with E-state index in [1.807, 2.05) is 6.07 Å². The average Bonchev–Trinajstić information content (AvgIpc) is 3.25. The van der Waals surface area contributed by atoms with Crippen molar-refractivity contribution in [1.29, 1.82) is 0 Å². The van der Waals surface area contributed by atoms with E-state index in [4.69, 9.17) is 5.10 Å². The Bertz CT molecular complexity index is 1180. The van der Waals surface area contributed by atoms with Gasteiger partial charge in [-0.1, -0.05) is 0 Å². The Kier molecular flexibility index (Phi) is 6.78. The van der Waals surface area contributed by atoms with Crippen LogP contribution in [0, 0.1) is 5.92 Å². The Hall–Kier alpha value is -3.69. The maximum absolute atomic E-state index is 13.0. The molecule has 0 saturated heterocycles. The summed E-state index contributed by atoms with van der Waals surface area (Å²) < 4.78 is 1.62. The number of pyridine rings is 1. The zero-order chi connectivity index (χ0) is 24.2. The number of hydrogen-bond acceptors (Lipinski definition) is 7. The second-order valence-electron chi connectivity index (χ2n) is 9.58. The number of fused-ring (bicyclic) bond motifs is 1. The summed E-state index contributed by atoms with van der Waals surface area (Å²) in [6.45, 7) is 2.37. The predicted octanol–water partition coefficient (Wildman–Crippen LogP) is 3.45. The molecule has 2 aliphatic carbocycles. The van der Waals surface area contributed by atoms with Crippen LogP contribution in [0.15, 0.2) is 36.8 Å². The van der Waals surface area contributed by atoms with Gasteiger partial charge in [0.25, 0.3) is 5.91 Å². The number of nitrogens with zero attached hydrogens (tertiary/aromatic N) is 4. The van der Waals surface area contributed by atoms with E-state index in [9.17, 15) is 9.59 Å². The molecule has 0 radical (unpaired) electrons. The maximum atomic E-state index is 13.0. The van der Waals surface area contributed by atoms with Gasteiger partial charge in [-0.3, -0.25) is 14.6 Å². The van der Waals surface area contributed by atoms with Gasteiger partial charge in [0.15, 0.2) is 11.3 Å². The lowest BCUT2D eigenvalue weighted by Crippen LogP contribution is -2.37. The summed E-state index contributed by atoms with van der Waals surface area (Å²) in [7, 11) is 0. The van der Waals surface area contributed by atoms with Gasteiger partial charge in [-0.25, -0.2) is 9.50 Å². The Morgan fingerprint density at radius 3 is 2.51 bits per heavy atom. The fraction of sp³-hybridized carbons (Fsp3) is 0.480. The van der Waals surface area contributed by atoms with E-state index in [0.29, 0.717) is 34.8 Å². The summed E-state index contributed by atoms with van der Waals surface area (Å²) in [6, 6.07) is 6.18. The highest BCUT2D eigenvalue weighted by Gasteiger charge is 2.24. The molecule has 2 saturated carbocycles. The minimum atomic E-state index is -0.278. The van der Waals surface area contributed by atoms with Crippen molar-refractivity contribution in [2.24, 2.45) is 5.92 Å². The molecule has 0 spiro atoms. The van der Waals surface area contributed by atoms with Gasteiger partial charge in [0.2, 0.25) is 5.91 Å². The van der Waals surface area contributed by atoms with Gasteiger partial charge in [0.05, 0.1) is 11.9 Å². The van der Waals surface area contributed by atoms with Crippen molar-refractivity contribution in [3.05, 3.63) is 42.5 Å². The maximum Gasteiger partial charge on any atom is 0.276 e. The smallest absolute Gasteiger partial charge is 0.276 e. The molecule has 0 aliphatic heterocycles. The summed E-state index contributed by atoms with van der Waals surface area (Å²) in [5.41, 5.74) is 2.55. The van der Waals surface area contributed by atoms with Gasteiger partial charge in [-0.2, -0.15) is 0 Å². The molecular formula is C25H32N8O2. The summed E-state index contributed by atoms with van der Waals surface area (Å²) in [5, 5.41) is 17.7. The van der Waals surface area contributed by atoms with E-state index >= 15 is 0 Å². The van der Waals surface area contributed by atoms with Crippen LogP contribution in [0.4, 0.5) is 17.2 Å². The van der Waals surface area contributed by atoms with Crippen molar-refractivity contribution in [2.45, 2.75) is 64.0 Å². The second-order valence-corrected chi connectivity index (χ2v) is 9.58. The van der Waals surface area contributed by atoms with Crippen LogP contribution in [0.2, 0.25) is 0 Å². The Balaban J connectivity index is 1.33. The number of rotatable bonds is 8. The standard InChI is InChI=1S/C25H32N8O2/c1-16(34)29-19-7-5-17(6-8-19)14-27-23-13-21(30-18-3-2-4-18)24-28-15-22(33(24)32-23)25(35)31-20-9-11-26-12-10-20/h9-13,15,17-19,30H,2-8,14H2,1H3,(H,27,32)(H,29,34)(H,26,31,35). The largest absolute Gasteiger partial charge is 0.379 e. The number of aromatic nitrogens is 4. The van der Waals surface area contributed by atoms with Gasteiger partial charge in [0, 0.05) is 49.7 Å². The molecule has 5 rings (SSSR count). The van der Waals surface area contributed by atoms with Crippen molar-refractivity contribution in [2.75, 3.05) is 22.5 Å². The van der Waals surface area contributed by atoms with Crippen LogP contribution in [0.25, 0.3) is 5.65 Å². The molecule has 4 N–H and O–H groups in total. The van der Waals surface area contributed by atoms with Crippen LogP contribution in [0.3, 0.4) is 0 Å². The number of hydrogen-bond donors (Lipinski definition) is 4. The molecule has 0 atom stereocenters. The van der Waals surface area contributed by atoms with Crippen molar-refractivity contribution in [1.82, 2.24) is 24.9 Å². The van der Waals surface area contributed by atoms with E-state index in [1.54, 1.807) is 42.2 Å². The molecule has 10 nitrogen and oxygen atoms in total. The molecule has 3 aromatic rings. The minimum Gasteiger partial charge on any atom is -0.379 e. The van der Waals surface area contributed by atoms with E-state index in [2.05, 4.69) is 31.2 Å². The molecule has 0 bridgehead atoms. The van der Waals surface area contributed by atoms with Gasteiger partial charge >= 0.3 is 0 Å². The molecule has 2 amide bonds. The van der Waals surface area contributed by atoms with Gasteiger partial charge < -0.3 is 21.3 Å². The van der Waals surface area contributed by atoms with Crippen LogP contribution in [0.5, 0.6) is 0 Å². The summed E-state index contributed by atoms with van der Waals surface area (Å²) in [5.74, 6) is 0.982. The van der Waals surface area contributed by atoms with E-state index in [-0.39, 0.29) is 17.9 Å². The molecule has 184 valence electrons. The highest BCUT2D eigenvalue weighted by Crippen LogP contribution is 2.29. The molecule has 2 aliphatic rings. The van der Waals surface area contributed by atoms with Gasteiger partial charge in [-0.05, 0) is 63.0 Å². The zero-order valence-electron chi connectivity index (χ0n) is 20.0. The fourth-order valence-electron chi connectivity index (χ4n) is 4.77. The quantitative estimate of drug-likeness (QED) is 0.392. The van der Waals surface area contributed by atoms with Crippen LogP contribution in [-0.2, 0) is 4.79 Å². The van der Waals surface area contributed by atoms with Crippen LogP contribution < -0.4 is 21.3 Å². The van der Waals surface area contributed by atoms with E-state index in [0.717, 1.165) is 50.8 Å². The van der Waals surface area contributed by atoms with E-state index in [1.165, 1.54) is 6.42 Å². The lowest BCUT2D eigenvalue weighted by molar-refractivity contribution is -0.119. The first-order valence-electron chi connectivity index (χ1n) is 12.4. The van der Waals surface area contributed by atoms with Crippen molar-refractivity contribution in [3.63, 3.8) is 0 Å². The SMILES string of the molecule is CC(=O)NC1CCC(CNc2cc(NC3CCC3)c3ncc(C(=O)Nc4ccncc4)n3n2)CC1. The second kappa shape index (κ2) is 10.3. The third kappa shape index (κ3) is 5.52. The highest BCUT2D eigenvalue weighted by atomic mass is 16.2. The Morgan fingerprint density at radius 2 is 1.83 bits per heavy atom. The first kappa shape index (κ1) is 23.1. The first-order valence-corrected chi connectivity index (χ1v) is 12.4. The summed E-state index contributed by atoms with van der Waals surface area (Å²) in [4.78, 5) is 32.8. The van der Waals surface area contributed by atoms with Crippen molar-refractivity contribution >= 4 is 34.7 Å². The molecule has 2 fully saturated rings. The minimum absolute atomic E-state index is 0.0414. The van der Waals surface area contributed by atoms with Crippen LogP contribution in [0.1, 0.15) is 62.4 Å². The molecule has 3 heterocycles. The molecule has 35 heavy (non-hydrogen) atoms. The molecule has 10 heteroatoms. The molecule has 3 aromatic heterocycles. The summed E-state index contributed by atoms with van der Waals surface area (Å²) >= 11 is 0. The van der Waals surface area contributed by atoms with Crippen molar-refractivity contribution < 1.29 is 9.59 Å². The Morgan fingerprint density at radius 1 is 1.06 bits per heavy atom. The molecule has 0 aromatic carbocycles. The van der Waals surface area contributed by atoms with Crippen LogP contribution >= 0.6 is 0 Å². The third-order valence-electron chi connectivity index (χ3n) is 6.93. The highest BCUT2D eigenvalue weighted by molar-refractivity contribution is 6.03. The monoisotopic (exact) mass is 476 g/mol. The lowest BCUT2D eigenvalue weighted by atomic mass is 9.86.